The van der Waals surface area contributed by atoms with Gasteiger partial charge in [0, 0.05) is 5.33 Å². The molecule has 0 aliphatic heterocycles. The molecule has 0 amide bonds. The summed E-state index contributed by atoms with van der Waals surface area (Å²) in [6.45, 7) is 5.58. The van der Waals surface area contributed by atoms with Gasteiger partial charge in [0.25, 0.3) is 10.1 Å². The average Bonchev–Trinajstić information content (AvgIpc) is 1.78. The Labute approximate surface area is 83.9 Å². The van der Waals surface area contributed by atoms with Crippen molar-refractivity contribution in [3.63, 3.8) is 0 Å². The van der Waals surface area contributed by atoms with Gasteiger partial charge in [0.15, 0.2) is 0 Å². The van der Waals surface area contributed by atoms with E-state index in [-0.39, 0.29) is 5.75 Å². The summed E-state index contributed by atoms with van der Waals surface area (Å²) in [7, 11) is -5.22. The lowest BCUT2D eigenvalue weighted by atomic mass is 10.6. The van der Waals surface area contributed by atoms with E-state index in [1.54, 1.807) is 0 Å². The molecule has 0 aromatic rings. The maximum atomic E-state index is 11.2. The first-order valence-corrected chi connectivity index (χ1v) is 9.87. The first kappa shape index (κ1) is 12.6. The van der Waals surface area contributed by atoms with Gasteiger partial charge < -0.3 is 3.87 Å². The molecule has 12 heavy (non-hydrogen) atoms. The second-order valence-corrected chi connectivity index (χ2v) is 10.7. The number of rotatable bonds is 5. The average molecular weight is 275 g/mol. The van der Waals surface area contributed by atoms with Gasteiger partial charge >= 0.3 is 0 Å². The minimum absolute atomic E-state index is 0.114. The molecule has 0 aromatic heterocycles. The van der Waals surface area contributed by atoms with Gasteiger partial charge in [-0.15, -0.1) is 0 Å². The van der Waals surface area contributed by atoms with Crippen molar-refractivity contribution in [1.29, 1.82) is 0 Å². The molecule has 0 saturated carbocycles. The van der Waals surface area contributed by atoms with Crippen molar-refractivity contribution in [2.24, 2.45) is 0 Å². The van der Waals surface area contributed by atoms with Crippen LogP contribution in [0.4, 0.5) is 0 Å². The Balaban J connectivity index is 4.06. The normalized spacial score (nSPS) is 13.3. The standard InChI is InChI=1S/C6H15BrO3SSi/c1-12(2,3)10-11(8,9)6-4-5-7/h4-6H2,1-3H3. The van der Waals surface area contributed by atoms with E-state index >= 15 is 0 Å². The lowest BCUT2D eigenvalue weighted by Gasteiger charge is -2.16. The predicted octanol–water partition coefficient (Wildman–Crippen LogP) is 1.95. The van der Waals surface area contributed by atoms with E-state index < -0.39 is 18.4 Å². The van der Waals surface area contributed by atoms with Crippen molar-refractivity contribution in [2.75, 3.05) is 11.1 Å². The molecule has 0 unspecified atom stereocenters. The van der Waals surface area contributed by atoms with Crippen molar-refractivity contribution in [3.8, 4) is 0 Å². The van der Waals surface area contributed by atoms with Crippen LogP contribution in [-0.2, 0) is 14.0 Å². The molecule has 0 bridgehead atoms. The Kier molecular flexibility index (Phi) is 4.97. The van der Waals surface area contributed by atoms with Crippen LogP contribution in [0.2, 0.25) is 19.6 Å². The maximum Gasteiger partial charge on any atom is 0.257 e. The lowest BCUT2D eigenvalue weighted by Crippen LogP contribution is -2.30. The number of hydrogen-bond donors (Lipinski definition) is 0. The lowest BCUT2D eigenvalue weighted by molar-refractivity contribution is 0.485. The third kappa shape index (κ3) is 7.27. The Bertz CT molecular complexity index is 219. The molecule has 0 fully saturated rings. The van der Waals surface area contributed by atoms with Gasteiger partial charge in [-0.3, -0.25) is 0 Å². The summed E-state index contributed by atoms with van der Waals surface area (Å²) < 4.78 is 27.4. The summed E-state index contributed by atoms with van der Waals surface area (Å²) in [4.78, 5) is 0. The quantitative estimate of drug-likeness (QED) is 0.569. The minimum atomic E-state index is -3.27. The molecule has 0 aromatic carbocycles. The van der Waals surface area contributed by atoms with E-state index in [1.165, 1.54) is 0 Å². The second-order valence-electron chi connectivity index (χ2n) is 3.50. The molecule has 3 nitrogen and oxygen atoms in total. The monoisotopic (exact) mass is 274 g/mol. The van der Waals surface area contributed by atoms with Crippen molar-refractivity contribution < 1.29 is 12.3 Å². The Morgan fingerprint density at radius 1 is 1.33 bits per heavy atom. The van der Waals surface area contributed by atoms with E-state index in [0.29, 0.717) is 11.8 Å². The molecule has 0 aliphatic rings. The molecular weight excluding hydrogens is 260 g/mol. The Hall–Kier alpha value is 0.607. The zero-order chi connectivity index (χ0) is 9.83. The molecular formula is C6H15BrO3SSi. The van der Waals surface area contributed by atoms with E-state index in [4.69, 9.17) is 3.87 Å². The van der Waals surface area contributed by atoms with Crippen molar-refractivity contribution >= 4 is 34.4 Å². The number of alkyl halides is 1. The molecule has 0 radical (unpaired) electrons. The van der Waals surface area contributed by atoms with Crippen LogP contribution in [0.1, 0.15) is 6.42 Å². The van der Waals surface area contributed by atoms with Gasteiger partial charge in [-0.25, -0.2) is 8.42 Å². The molecule has 74 valence electrons. The van der Waals surface area contributed by atoms with E-state index in [2.05, 4.69) is 15.9 Å². The Morgan fingerprint density at radius 2 is 1.83 bits per heavy atom. The van der Waals surface area contributed by atoms with Gasteiger partial charge in [-0.2, -0.15) is 0 Å². The molecule has 0 aliphatic carbocycles. The summed E-state index contributed by atoms with van der Waals surface area (Å²) in [6, 6.07) is 0. The Morgan fingerprint density at radius 3 is 2.17 bits per heavy atom. The van der Waals surface area contributed by atoms with Gasteiger partial charge in [0.1, 0.15) is 0 Å². The molecule has 0 spiro atoms. The fourth-order valence-corrected chi connectivity index (χ4v) is 5.18. The van der Waals surface area contributed by atoms with Crippen LogP contribution in [0.3, 0.4) is 0 Å². The van der Waals surface area contributed by atoms with Gasteiger partial charge in [0.05, 0.1) is 5.75 Å². The van der Waals surface area contributed by atoms with E-state index in [1.807, 2.05) is 19.6 Å². The summed E-state index contributed by atoms with van der Waals surface area (Å²) in [6.07, 6.45) is 0.604. The van der Waals surface area contributed by atoms with Crippen LogP contribution in [0.15, 0.2) is 0 Å². The fraction of sp³-hybridized carbons (Fsp3) is 1.00. The van der Waals surface area contributed by atoms with Crippen LogP contribution < -0.4 is 0 Å². The SMILES string of the molecule is C[Si](C)(C)OS(=O)(=O)CCCBr. The maximum absolute atomic E-state index is 11.2. The van der Waals surface area contributed by atoms with Gasteiger partial charge in [-0.05, 0) is 26.1 Å². The molecule has 0 N–H and O–H groups in total. The third-order valence-corrected chi connectivity index (χ3v) is 5.27. The van der Waals surface area contributed by atoms with Crippen LogP contribution in [0, 0.1) is 0 Å². The second kappa shape index (κ2) is 4.73. The first-order chi connectivity index (χ1) is 5.27. The van der Waals surface area contributed by atoms with Crippen LogP contribution in [0.25, 0.3) is 0 Å². The van der Waals surface area contributed by atoms with Crippen LogP contribution in [0.5, 0.6) is 0 Å². The first-order valence-electron chi connectivity index (χ1n) is 3.76. The van der Waals surface area contributed by atoms with Gasteiger partial charge in [-0.1, -0.05) is 15.9 Å². The molecule has 0 saturated heterocycles. The van der Waals surface area contributed by atoms with Gasteiger partial charge in [0.2, 0.25) is 8.32 Å². The summed E-state index contributed by atoms with van der Waals surface area (Å²) in [5.41, 5.74) is 0. The number of hydrogen-bond acceptors (Lipinski definition) is 3. The summed E-state index contributed by atoms with van der Waals surface area (Å²) in [5.74, 6) is 0.114. The van der Waals surface area contributed by atoms with Crippen molar-refractivity contribution in [2.45, 2.75) is 26.1 Å². The van der Waals surface area contributed by atoms with E-state index in [0.717, 1.165) is 0 Å². The molecule has 0 heterocycles. The smallest absolute Gasteiger partial charge is 0.257 e. The zero-order valence-electron chi connectivity index (χ0n) is 7.63. The van der Waals surface area contributed by atoms with Crippen molar-refractivity contribution in [1.82, 2.24) is 0 Å². The summed E-state index contributed by atoms with van der Waals surface area (Å²) in [5, 5.41) is 0.696. The zero-order valence-corrected chi connectivity index (χ0v) is 11.0. The van der Waals surface area contributed by atoms with E-state index in [9.17, 15) is 8.42 Å². The summed E-state index contributed by atoms with van der Waals surface area (Å²) >= 11 is 3.17. The third-order valence-electron chi connectivity index (χ3n) is 0.905. The topological polar surface area (TPSA) is 43.4 Å². The highest BCUT2D eigenvalue weighted by atomic mass is 79.9. The molecule has 0 rings (SSSR count). The molecule has 0 atom stereocenters. The van der Waals surface area contributed by atoms with Crippen LogP contribution >= 0.6 is 15.9 Å². The minimum Gasteiger partial charge on any atom is -0.315 e. The largest absolute Gasteiger partial charge is 0.315 e. The highest BCUT2D eigenvalue weighted by Crippen LogP contribution is 2.09. The fourth-order valence-electron chi connectivity index (χ4n) is 0.654. The molecule has 6 heteroatoms. The highest BCUT2D eigenvalue weighted by Gasteiger charge is 2.23. The van der Waals surface area contributed by atoms with Crippen LogP contribution in [-0.4, -0.2) is 27.8 Å². The van der Waals surface area contributed by atoms with Crippen molar-refractivity contribution in [3.05, 3.63) is 0 Å². The highest BCUT2D eigenvalue weighted by molar-refractivity contribution is 9.09. The number of halogens is 1. The predicted molar refractivity (Wildman–Crippen MR) is 56.6 cm³/mol.